The van der Waals surface area contributed by atoms with Gasteiger partial charge < -0.3 is 5.73 Å². The zero-order chi connectivity index (χ0) is 10.8. The minimum Gasteiger partial charge on any atom is -0.324 e. The van der Waals surface area contributed by atoms with E-state index in [-0.39, 0.29) is 11.9 Å². The summed E-state index contributed by atoms with van der Waals surface area (Å²) in [6.45, 7) is 0. The summed E-state index contributed by atoms with van der Waals surface area (Å²) >= 11 is 0. The molecule has 1 aliphatic carbocycles. The molecule has 5 nitrogen and oxygen atoms in total. The molecule has 1 aromatic carbocycles. The summed E-state index contributed by atoms with van der Waals surface area (Å²) in [6.07, 6.45) is 1.94. The van der Waals surface area contributed by atoms with Gasteiger partial charge >= 0.3 is 0 Å². The van der Waals surface area contributed by atoms with Gasteiger partial charge in [0.15, 0.2) is 0 Å². The minimum atomic E-state index is 0.136. The SMILES string of the molecule is N=NNC(=N)c1ccc2c(c1)CCC2N. The summed E-state index contributed by atoms with van der Waals surface area (Å²) in [5.74, 6) is 0.147. The normalized spacial score (nSPS) is 18.3. The Balaban J connectivity index is 2.30. The zero-order valence-electron chi connectivity index (χ0n) is 8.25. The van der Waals surface area contributed by atoms with Gasteiger partial charge in [-0.1, -0.05) is 17.4 Å². The van der Waals surface area contributed by atoms with Crippen LogP contribution >= 0.6 is 0 Å². The number of benzene rings is 1. The first kappa shape index (κ1) is 9.79. The van der Waals surface area contributed by atoms with Crippen molar-refractivity contribution in [1.82, 2.24) is 5.43 Å². The van der Waals surface area contributed by atoms with Crippen molar-refractivity contribution in [2.45, 2.75) is 18.9 Å². The fraction of sp³-hybridized carbons (Fsp3) is 0.300. The molecule has 0 radical (unpaired) electrons. The van der Waals surface area contributed by atoms with Crippen LogP contribution in [0.4, 0.5) is 0 Å². The standard InChI is InChI=1S/C10H13N5/c11-9-4-2-6-5-7(1-3-8(6)9)10(12)14-15-13/h1,3,5,9H,2,4,11H2,(H3,12,13,14). The molecule has 78 valence electrons. The smallest absolute Gasteiger partial charge is 0.147 e. The first-order chi connectivity index (χ1) is 7.22. The van der Waals surface area contributed by atoms with Crippen molar-refractivity contribution in [3.8, 4) is 0 Å². The van der Waals surface area contributed by atoms with E-state index in [2.05, 4.69) is 10.6 Å². The lowest BCUT2D eigenvalue weighted by molar-refractivity contribution is 0.713. The molecular weight excluding hydrogens is 190 g/mol. The molecule has 1 aromatic rings. The Bertz CT molecular complexity index is 412. The Hall–Kier alpha value is -1.75. The topological polar surface area (TPSA) is 98.1 Å². The average molecular weight is 203 g/mol. The molecule has 2 rings (SSSR count). The molecule has 0 heterocycles. The largest absolute Gasteiger partial charge is 0.324 e. The molecule has 0 amide bonds. The number of fused-ring (bicyclic) bond motifs is 1. The van der Waals surface area contributed by atoms with Gasteiger partial charge in [-0.3, -0.25) is 5.41 Å². The number of amidine groups is 1. The van der Waals surface area contributed by atoms with Crippen molar-refractivity contribution in [2.24, 2.45) is 11.0 Å². The third-order valence-corrected chi connectivity index (χ3v) is 2.72. The van der Waals surface area contributed by atoms with E-state index in [0.717, 1.165) is 18.4 Å². The summed E-state index contributed by atoms with van der Waals surface area (Å²) in [6, 6.07) is 5.88. The minimum absolute atomic E-state index is 0.136. The number of hydrogen-bond donors (Lipinski definition) is 4. The van der Waals surface area contributed by atoms with E-state index in [1.807, 2.05) is 18.2 Å². The maximum Gasteiger partial charge on any atom is 0.147 e. The van der Waals surface area contributed by atoms with Crippen LogP contribution in [0.15, 0.2) is 23.4 Å². The summed E-state index contributed by atoms with van der Waals surface area (Å²) < 4.78 is 0. The summed E-state index contributed by atoms with van der Waals surface area (Å²) in [5.41, 5.74) is 18.0. The molecule has 1 aliphatic rings. The summed E-state index contributed by atoms with van der Waals surface area (Å²) in [7, 11) is 0. The second-order valence-electron chi connectivity index (χ2n) is 3.66. The Morgan fingerprint density at radius 2 is 2.33 bits per heavy atom. The molecule has 5 N–H and O–H groups in total. The molecule has 0 bridgehead atoms. The van der Waals surface area contributed by atoms with Gasteiger partial charge in [0.2, 0.25) is 0 Å². The third-order valence-electron chi connectivity index (χ3n) is 2.72. The van der Waals surface area contributed by atoms with Gasteiger partial charge in [-0.2, -0.15) is 5.53 Å². The molecule has 0 saturated carbocycles. The van der Waals surface area contributed by atoms with E-state index in [0.29, 0.717) is 0 Å². The Kier molecular flexibility index (Phi) is 2.47. The van der Waals surface area contributed by atoms with Crippen molar-refractivity contribution in [3.05, 3.63) is 34.9 Å². The number of rotatable bonds is 2. The zero-order valence-corrected chi connectivity index (χ0v) is 8.25. The van der Waals surface area contributed by atoms with Crippen LogP contribution < -0.4 is 11.2 Å². The van der Waals surface area contributed by atoms with Crippen LogP contribution in [0.1, 0.15) is 29.2 Å². The fourth-order valence-electron chi connectivity index (χ4n) is 1.93. The lowest BCUT2D eigenvalue weighted by Crippen LogP contribution is -2.16. The molecule has 5 heteroatoms. The Morgan fingerprint density at radius 3 is 3.07 bits per heavy atom. The van der Waals surface area contributed by atoms with Gasteiger partial charge in [0, 0.05) is 11.6 Å². The first-order valence-electron chi connectivity index (χ1n) is 4.82. The van der Waals surface area contributed by atoms with Gasteiger partial charge in [0.1, 0.15) is 5.84 Å². The number of nitrogens with zero attached hydrogens (tertiary/aromatic N) is 1. The van der Waals surface area contributed by atoms with Crippen molar-refractivity contribution in [1.29, 1.82) is 10.9 Å². The second-order valence-corrected chi connectivity index (χ2v) is 3.66. The van der Waals surface area contributed by atoms with Crippen LogP contribution in [0.25, 0.3) is 0 Å². The number of nitrogens with one attached hydrogen (secondary N) is 3. The van der Waals surface area contributed by atoms with Gasteiger partial charge in [-0.05, 0) is 30.0 Å². The van der Waals surface area contributed by atoms with Crippen molar-refractivity contribution in [2.75, 3.05) is 0 Å². The van der Waals surface area contributed by atoms with Crippen LogP contribution in [0.2, 0.25) is 0 Å². The molecule has 1 atom stereocenters. The molecular formula is C10H13N5. The van der Waals surface area contributed by atoms with Gasteiger partial charge in [-0.15, -0.1) is 0 Å². The highest BCUT2D eigenvalue weighted by atomic mass is 15.4. The first-order valence-corrected chi connectivity index (χ1v) is 4.82. The van der Waals surface area contributed by atoms with Crippen LogP contribution in [0.3, 0.4) is 0 Å². The highest BCUT2D eigenvalue weighted by molar-refractivity contribution is 5.96. The maximum atomic E-state index is 7.59. The van der Waals surface area contributed by atoms with E-state index in [4.69, 9.17) is 16.7 Å². The average Bonchev–Trinajstić information content (AvgIpc) is 2.60. The molecule has 0 aromatic heterocycles. The van der Waals surface area contributed by atoms with Gasteiger partial charge in [0.25, 0.3) is 0 Å². The summed E-state index contributed by atoms with van der Waals surface area (Å²) in [5, 5.41) is 10.6. The molecule has 0 aliphatic heterocycles. The summed E-state index contributed by atoms with van der Waals surface area (Å²) in [4.78, 5) is 0. The van der Waals surface area contributed by atoms with E-state index < -0.39 is 0 Å². The lowest BCUT2D eigenvalue weighted by atomic mass is 10.0. The van der Waals surface area contributed by atoms with Crippen LogP contribution in [0, 0.1) is 10.9 Å². The lowest BCUT2D eigenvalue weighted by Gasteiger charge is -2.07. The van der Waals surface area contributed by atoms with Gasteiger partial charge in [0.05, 0.1) is 0 Å². The monoisotopic (exact) mass is 203 g/mol. The van der Waals surface area contributed by atoms with Crippen LogP contribution in [0.5, 0.6) is 0 Å². The molecule has 0 spiro atoms. The molecule has 1 unspecified atom stereocenters. The van der Waals surface area contributed by atoms with Crippen molar-refractivity contribution >= 4 is 5.84 Å². The molecule has 0 saturated heterocycles. The van der Waals surface area contributed by atoms with Crippen LogP contribution in [-0.2, 0) is 6.42 Å². The Morgan fingerprint density at radius 1 is 1.53 bits per heavy atom. The predicted molar refractivity (Wildman–Crippen MR) is 56.8 cm³/mol. The predicted octanol–water partition coefficient (Wildman–Crippen LogP) is 1.49. The van der Waals surface area contributed by atoms with Crippen LogP contribution in [-0.4, -0.2) is 5.84 Å². The van der Waals surface area contributed by atoms with E-state index in [1.54, 1.807) is 0 Å². The number of nitrogens with two attached hydrogens (primary N) is 1. The fourth-order valence-corrected chi connectivity index (χ4v) is 1.93. The van der Waals surface area contributed by atoms with E-state index in [9.17, 15) is 0 Å². The van der Waals surface area contributed by atoms with Crippen molar-refractivity contribution in [3.63, 3.8) is 0 Å². The Labute approximate surface area is 87.7 Å². The molecule has 0 fully saturated rings. The number of aryl methyl sites for hydroxylation is 1. The van der Waals surface area contributed by atoms with E-state index >= 15 is 0 Å². The third kappa shape index (κ3) is 1.73. The second kappa shape index (κ2) is 3.78. The highest BCUT2D eigenvalue weighted by Gasteiger charge is 2.19. The molecule has 15 heavy (non-hydrogen) atoms. The van der Waals surface area contributed by atoms with Crippen molar-refractivity contribution < 1.29 is 0 Å². The number of hydrogen-bond acceptors (Lipinski definition) is 4. The highest BCUT2D eigenvalue weighted by Crippen LogP contribution is 2.29. The van der Waals surface area contributed by atoms with Gasteiger partial charge in [-0.25, -0.2) is 5.43 Å². The quantitative estimate of drug-likeness (QED) is 0.253. The van der Waals surface area contributed by atoms with E-state index in [1.165, 1.54) is 11.1 Å². The maximum absolute atomic E-state index is 7.59.